The number of hydrogen-bond acceptors (Lipinski definition) is 4. The molecule has 0 amide bonds. The summed E-state index contributed by atoms with van der Waals surface area (Å²) in [4.78, 5) is 28.3. The van der Waals surface area contributed by atoms with Crippen LogP contribution in [0.5, 0.6) is 0 Å². The summed E-state index contributed by atoms with van der Waals surface area (Å²) in [7, 11) is 1.43. The van der Waals surface area contributed by atoms with Crippen LogP contribution in [-0.2, 0) is 13.6 Å². The summed E-state index contributed by atoms with van der Waals surface area (Å²) in [6, 6.07) is 0. The van der Waals surface area contributed by atoms with E-state index in [4.69, 9.17) is 6.42 Å². The number of aromatic nitrogens is 4. The zero-order valence-corrected chi connectivity index (χ0v) is 11.1. The Kier molecular flexibility index (Phi) is 3.05. The molecule has 2 aromatic rings. The Labute approximate surface area is 107 Å². The van der Waals surface area contributed by atoms with Crippen LogP contribution in [0.4, 0.5) is 0 Å². The quantitative estimate of drug-likeness (QED) is 0.559. The number of imidazole rings is 1. The van der Waals surface area contributed by atoms with Gasteiger partial charge in [0.25, 0.3) is 0 Å². The number of fused-ring (bicyclic) bond motifs is 1. The van der Waals surface area contributed by atoms with Gasteiger partial charge in [-0.15, -0.1) is 18.2 Å². The molecule has 0 radical (unpaired) electrons. The summed E-state index contributed by atoms with van der Waals surface area (Å²) in [6.07, 6.45) is 7.11. The molecular formula is C11H12N4O2S. The molecule has 94 valence electrons. The number of nitrogens with zero attached hydrogens (tertiary/aromatic N) is 4. The van der Waals surface area contributed by atoms with E-state index in [0.717, 1.165) is 4.57 Å². The molecule has 6 nitrogen and oxygen atoms in total. The molecule has 0 unspecified atom stereocenters. The molecule has 0 N–H and O–H groups in total. The van der Waals surface area contributed by atoms with Crippen LogP contribution < -0.4 is 11.4 Å². The largest absolute Gasteiger partial charge is 0.339 e. The molecule has 0 aromatic carbocycles. The van der Waals surface area contributed by atoms with Gasteiger partial charge in [0, 0.05) is 7.05 Å². The molecule has 0 aliphatic heterocycles. The molecule has 7 heteroatoms. The van der Waals surface area contributed by atoms with Gasteiger partial charge in [0.1, 0.15) is 5.03 Å². The average molecular weight is 264 g/mol. The fourth-order valence-electron chi connectivity index (χ4n) is 1.80. The van der Waals surface area contributed by atoms with E-state index >= 15 is 0 Å². The first-order valence-electron chi connectivity index (χ1n) is 5.19. The maximum atomic E-state index is 12.1. The van der Waals surface area contributed by atoms with Crippen molar-refractivity contribution in [2.75, 3.05) is 6.26 Å². The third-order valence-corrected chi connectivity index (χ3v) is 3.50. The van der Waals surface area contributed by atoms with Crippen molar-refractivity contribution in [2.24, 2.45) is 7.05 Å². The van der Waals surface area contributed by atoms with Gasteiger partial charge in [-0.3, -0.25) is 4.57 Å². The monoisotopic (exact) mass is 264 g/mol. The van der Waals surface area contributed by atoms with E-state index in [9.17, 15) is 9.59 Å². The van der Waals surface area contributed by atoms with Gasteiger partial charge >= 0.3 is 11.4 Å². The standard InChI is InChI=1S/C11H12N4O2S/c1-5-6-14-9-12-8(18-4)7(2)15(9)11(17)13(3)10(14)16/h1H,6H2,2-4H3. The lowest BCUT2D eigenvalue weighted by Crippen LogP contribution is -2.42. The minimum absolute atomic E-state index is 0.0841. The fourth-order valence-corrected chi connectivity index (χ4v) is 2.36. The Morgan fingerprint density at radius 3 is 2.61 bits per heavy atom. The van der Waals surface area contributed by atoms with Gasteiger partial charge in [-0.2, -0.15) is 0 Å². The zero-order chi connectivity index (χ0) is 13.4. The summed E-state index contributed by atoms with van der Waals surface area (Å²) in [5, 5.41) is 0.712. The lowest BCUT2D eigenvalue weighted by atomic mass is 10.5. The highest BCUT2D eigenvalue weighted by molar-refractivity contribution is 7.98. The summed E-state index contributed by atoms with van der Waals surface area (Å²) in [5.74, 6) is 2.69. The van der Waals surface area contributed by atoms with Gasteiger partial charge in [-0.05, 0) is 13.2 Å². The van der Waals surface area contributed by atoms with Crippen molar-refractivity contribution in [1.29, 1.82) is 0 Å². The van der Waals surface area contributed by atoms with Crippen molar-refractivity contribution in [3.05, 3.63) is 26.7 Å². The van der Waals surface area contributed by atoms with Crippen LogP contribution in [0.3, 0.4) is 0 Å². The Morgan fingerprint density at radius 1 is 1.39 bits per heavy atom. The number of thioether (sulfide) groups is 1. The predicted molar refractivity (Wildman–Crippen MR) is 70.0 cm³/mol. The third-order valence-electron chi connectivity index (χ3n) is 2.73. The topological polar surface area (TPSA) is 61.3 Å². The third kappa shape index (κ3) is 1.57. The molecular weight excluding hydrogens is 252 g/mol. The number of hydrogen-bond donors (Lipinski definition) is 0. The van der Waals surface area contributed by atoms with E-state index < -0.39 is 11.4 Å². The van der Waals surface area contributed by atoms with Gasteiger partial charge in [-0.25, -0.2) is 23.5 Å². The van der Waals surface area contributed by atoms with E-state index in [1.54, 1.807) is 6.92 Å². The summed E-state index contributed by atoms with van der Waals surface area (Å²) >= 11 is 1.42. The van der Waals surface area contributed by atoms with Crippen LogP contribution >= 0.6 is 11.8 Å². The Hall–Kier alpha value is -1.94. The highest BCUT2D eigenvalue weighted by atomic mass is 32.2. The van der Waals surface area contributed by atoms with E-state index in [1.807, 2.05) is 6.26 Å². The van der Waals surface area contributed by atoms with Gasteiger partial charge in [0.05, 0.1) is 12.2 Å². The van der Waals surface area contributed by atoms with Gasteiger partial charge < -0.3 is 0 Å². The van der Waals surface area contributed by atoms with Gasteiger partial charge in [-0.1, -0.05) is 5.92 Å². The van der Waals surface area contributed by atoms with Crippen molar-refractivity contribution in [2.45, 2.75) is 18.5 Å². The van der Waals surface area contributed by atoms with Gasteiger partial charge in [0.15, 0.2) is 0 Å². The average Bonchev–Trinajstić information content (AvgIpc) is 2.69. The molecule has 0 saturated heterocycles. The first-order chi connectivity index (χ1) is 8.52. The molecule has 0 fully saturated rings. The van der Waals surface area contributed by atoms with Crippen molar-refractivity contribution in [1.82, 2.24) is 18.5 Å². The molecule has 0 bridgehead atoms. The first kappa shape index (κ1) is 12.5. The molecule has 0 aliphatic carbocycles. The van der Waals surface area contributed by atoms with E-state index in [0.29, 0.717) is 16.5 Å². The Balaban J connectivity index is 3.06. The maximum Gasteiger partial charge on any atom is 0.339 e. The Morgan fingerprint density at radius 2 is 2.06 bits per heavy atom. The highest BCUT2D eigenvalue weighted by Crippen LogP contribution is 2.18. The molecule has 0 aliphatic rings. The van der Waals surface area contributed by atoms with Crippen molar-refractivity contribution >= 4 is 17.5 Å². The van der Waals surface area contributed by atoms with E-state index in [-0.39, 0.29) is 6.54 Å². The van der Waals surface area contributed by atoms with Crippen LogP contribution in [-0.4, -0.2) is 24.8 Å². The molecule has 2 rings (SSSR count). The second-order valence-corrected chi connectivity index (χ2v) is 4.55. The molecule has 2 heterocycles. The Bertz CT molecular complexity index is 775. The van der Waals surface area contributed by atoms with Gasteiger partial charge in [0.2, 0.25) is 5.78 Å². The summed E-state index contributed by atoms with van der Waals surface area (Å²) in [5.41, 5.74) is -0.152. The van der Waals surface area contributed by atoms with Crippen molar-refractivity contribution < 1.29 is 0 Å². The fraction of sp³-hybridized carbons (Fsp3) is 0.364. The maximum absolute atomic E-state index is 12.1. The minimum atomic E-state index is -0.455. The van der Waals surface area contributed by atoms with Crippen molar-refractivity contribution in [3.8, 4) is 12.3 Å². The highest BCUT2D eigenvalue weighted by Gasteiger charge is 2.16. The molecule has 2 aromatic heterocycles. The van der Waals surface area contributed by atoms with E-state index in [1.165, 1.54) is 27.8 Å². The number of aryl methyl sites for hydroxylation is 1. The smallest absolute Gasteiger partial charge is 0.251 e. The number of rotatable bonds is 2. The zero-order valence-electron chi connectivity index (χ0n) is 10.3. The lowest BCUT2D eigenvalue weighted by Gasteiger charge is -2.06. The van der Waals surface area contributed by atoms with Crippen LogP contribution in [0, 0.1) is 19.3 Å². The normalized spacial score (nSPS) is 10.8. The molecule has 0 spiro atoms. The predicted octanol–water partition coefficient (Wildman–Crippen LogP) is -0.142. The van der Waals surface area contributed by atoms with Crippen LogP contribution in [0.2, 0.25) is 0 Å². The second-order valence-electron chi connectivity index (χ2n) is 3.76. The van der Waals surface area contributed by atoms with Crippen LogP contribution in [0.15, 0.2) is 14.6 Å². The number of terminal acetylenes is 1. The lowest BCUT2D eigenvalue weighted by molar-refractivity contribution is 0.626. The SMILES string of the molecule is C#CCn1c(=O)n(C)c(=O)n2c(C)c(SC)nc12. The summed E-state index contributed by atoms with van der Waals surface area (Å²) in [6.45, 7) is 1.87. The molecule has 18 heavy (non-hydrogen) atoms. The first-order valence-corrected chi connectivity index (χ1v) is 6.41. The molecule has 0 saturated carbocycles. The summed E-state index contributed by atoms with van der Waals surface area (Å²) < 4.78 is 3.75. The van der Waals surface area contributed by atoms with Crippen LogP contribution in [0.1, 0.15) is 5.69 Å². The van der Waals surface area contributed by atoms with Crippen molar-refractivity contribution in [3.63, 3.8) is 0 Å². The minimum Gasteiger partial charge on any atom is -0.251 e. The van der Waals surface area contributed by atoms with Crippen LogP contribution in [0.25, 0.3) is 5.78 Å². The second kappa shape index (κ2) is 4.38. The van der Waals surface area contributed by atoms with E-state index in [2.05, 4.69) is 10.9 Å². The molecule has 0 atom stereocenters.